The summed E-state index contributed by atoms with van der Waals surface area (Å²) < 4.78 is 14.6. The zero-order valence-electron chi connectivity index (χ0n) is 22.4. The summed E-state index contributed by atoms with van der Waals surface area (Å²) in [5.41, 5.74) is 4.06. The van der Waals surface area contributed by atoms with Crippen LogP contribution in [0.25, 0.3) is 22.4 Å². The maximum absolute atomic E-state index is 12.9. The summed E-state index contributed by atoms with van der Waals surface area (Å²) in [7, 11) is 1.73. The molecule has 1 aromatic carbocycles. The van der Waals surface area contributed by atoms with Gasteiger partial charge >= 0.3 is 5.97 Å². The van der Waals surface area contributed by atoms with Crippen LogP contribution in [-0.4, -0.2) is 57.2 Å². The third-order valence-electron chi connectivity index (χ3n) is 7.24. The molecule has 9 heteroatoms. The second-order valence-corrected chi connectivity index (χ2v) is 10.2. The lowest BCUT2D eigenvalue weighted by molar-refractivity contribution is -0.153. The number of aliphatic hydroxyl groups is 1. The summed E-state index contributed by atoms with van der Waals surface area (Å²) in [5.74, 6) is 0.572. The number of benzene rings is 1. The lowest BCUT2D eigenvalue weighted by Crippen LogP contribution is -2.43. The molecule has 0 aliphatic carbocycles. The largest absolute Gasteiger partial charge is 0.459 e. The Labute approximate surface area is 217 Å². The Balaban J connectivity index is 1.62. The van der Waals surface area contributed by atoms with Crippen molar-refractivity contribution in [2.45, 2.75) is 65.3 Å². The summed E-state index contributed by atoms with van der Waals surface area (Å²) >= 11 is 0. The number of hydrogen-bond donors (Lipinski definition) is 2. The van der Waals surface area contributed by atoms with E-state index in [4.69, 9.17) is 14.5 Å². The Morgan fingerprint density at radius 3 is 2.76 bits per heavy atom. The molecule has 3 unspecified atom stereocenters. The molecular formula is C28H38N4O5. The SMILES string of the molecule is CCC(C)C(NCc1ccc2c(c1)nc(-c1cc(C)c(=O)n(C)c1)n2[C@@H](C)CO)C(=O)OC1CCOC1. The van der Waals surface area contributed by atoms with Crippen molar-refractivity contribution in [3.8, 4) is 11.4 Å². The Kier molecular flexibility index (Phi) is 8.46. The van der Waals surface area contributed by atoms with Crippen molar-refractivity contribution in [2.75, 3.05) is 19.8 Å². The first kappa shape index (κ1) is 27.0. The van der Waals surface area contributed by atoms with E-state index in [-0.39, 0.29) is 36.2 Å². The summed E-state index contributed by atoms with van der Waals surface area (Å²) in [5, 5.41) is 13.4. The molecule has 0 saturated carbocycles. The van der Waals surface area contributed by atoms with Gasteiger partial charge in [0.05, 0.1) is 36.9 Å². The predicted octanol–water partition coefficient (Wildman–Crippen LogP) is 3.10. The first-order chi connectivity index (χ1) is 17.7. The third-order valence-corrected chi connectivity index (χ3v) is 7.24. The fourth-order valence-corrected chi connectivity index (χ4v) is 4.81. The molecule has 0 bridgehead atoms. The number of aliphatic hydroxyl groups excluding tert-OH is 1. The second kappa shape index (κ2) is 11.6. The fraction of sp³-hybridized carbons (Fsp3) is 0.536. The Hall–Kier alpha value is -3.01. The molecule has 3 heterocycles. The minimum Gasteiger partial charge on any atom is -0.459 e. The smallest absolute Gasteiger partial charge is 0.323 e. The highest BCUT2D eigenvalue weighted by atomic mass is 16.6. The number of aromatic nitrogens is 3. The molecule has 1 saturated heterocycles. The molecule has 2 aromatic heterocycles. The molecule has 0 amide bonds. The summed E-state index contributed by atoms with van der Waals surface area (Å²) in [6.07, 6.45) is 3.19. The van der Waals surface area contributed by atoms with Gasteiger partial charge in [0.1, 0.15) is 18.0 Å². The van der Waals surface area contributed by atoms with Gasteiger partial charge in [-0.1, -0.05) is 26.3 Å². The third kappa shape index (κ3) is 5.79. The van der Waals surface area contributed by atoms with Gasteiger partial charge < -0.3 is 29.0 Å². The van der Waals surface area contributed by atoms with Crippen LogP contribution in [0.5, 0.6) is 0 Å². The average Bonchev–Trinajstić information content (AvgIpc) is 3.53. The van der Waals surface area contributed by atoms with Crippen molar-refractivity contribution in [3.05, 3.63) is 51.9 Å². The van der Waals surface area contributed by atoms with E-state index in [0.29, 0.717) is 31.1 Å². The zero-order chi connectivity index (χ0) is 26.7. The maximum Gasteiger partial charge on any atom is 0.323 e. The van der Waals surface area contributed by atoms with Gasteiger partial charge in [-0.15, -0.1) is 0 Å². The first-order valence-electron chi connectivity index (χ1n) is 13.0. The predicted molar refractivity (Wildman–Crippen MR) is 142 cm³/mol. The van der Waals surface area contributed by atoms with Crippen LogP contribution in [0.15, 0.2) is 35.3 Å². The van der Waals surface area contributed by atoms with E-state index in [1.54, 1.807) is 24.7 Å². The number of carbonyl (C=O) groups is 1. The van der Waals surface area contributed by atoms with Gasteiger partial charge in [0.2, 0.25) is 0 Å². The van der Waals surface area contributed by atoms with Crippen LogP contribution in [-0.2, 0) is 27.9 Å². The molecule has 2 N–H and O–H groups in total. The molecule has 9 nitrogen and oxygen atoms in total. The van der Waals surface area contributed by atoms with Crippen molar-refractivity contribution in [1.29, 1.82) is 0 Å². The van der Waals surface area contributed by atoms with Crippen LogP contribution in [0.4, 0.5) is 0 Å². The van der Waals surface area contributed by atoms with Crippen LogP contribution in [0.2, 0.25) is 0 Å². The Morgan fingerprint density at radius 2 is 2.11 bits per heavy atom. The number of ether oxygens (including phenoxy) is 2. The minimum atomic E-state index is -0.419. The minimum absolute atomic E-state index is 0.0444. The summed E-state index contributed by atoms with van der Waals surface area (Å²) in [6, 6.07) is 7.23. The van der Waals surface area contributed by atoms with Crippen LogP contribution < -0.4 is 10.9 Å². The first-order valence-corrected chi connectivity index (χ1v) is 13.0. The molecule has 1 fully saturated rings. The van der Waals surface area contributed by atoms with Crippen LogP contribution in [0, 0.1) is 12.8 Å². The number of fused-ring (bicyclic) bond motifs is 1. The molecule has 1 aliphatic rings. The number of nitrogens with zero attached hydrogens (tertiary/aromatic N) is 3. The van der Waals surface area contributed by atoms with Gasteiger partial charge in [0, 0.05) is 37.3 Å². The van der Waals surface area contributed by atoms with E-state index in [2.05, 4.69) is 12.2 Å². The summed E-state index contributed by atoms with van der Waals surface area (Å²) in [6.45, 7) is 9.36. The number of esters is 1. The van der Waals surface area contributed by atoms with Crippen molar-refractivity contribution in [2.24, 2.45) is 13.0 Å². The molecule has 0 radical (unpaired) electrons. The molecule has 0 spiro atoms. The van der Waals surface area contributed by atoms with Crippen molar-refractivity contribution in [1.82, 2.24) is 19.4 Å². The lowest BCUT2D eigenvalue weighted by Gasteiger charge is -2.24. The second-order valence-electron chi connectivity index (χ2n) is 10.2. The number of carbonyl (C=O) groups excluding carboxylic acids is 1. The molecule has 37 heavy (non-hydrogen) atoms. The normalized spacial score (nSPS) is 18.2. The van der Waals surface area contributed by atoms with Crippen LogP contribution >= 0.6 is 0 Å². The monoisotopic (exact) mass is 510 g/mol. The molecule has 1 aliphatic heterocycles. The number of nitrogens with one attached hydrogen (secondary N) is 1. The van der Waals surface area contributed by atoms with Crippen molar-refractivity contribution < 1.29 is 19.4 Å². The zero-order valence-corrected chi connectivity index (χ0v) is 22.4. The standard InChI is InChI=1S/C28H38N4O5/c1-6-17(2)25(28(35)37-22-9-10-36-16-22)29-13-20-7-8-24-23(12-20)30-26(32(24)19(4)15-33)21-11-18(3)27(34)31(5)14-21/h7-8,11-12,14,17,19,22,25,29,33H,6,9-10,13,15-16H2,1-5H3/t17?,19-,22?,25?/m0/s1. The summed E-state index contributed by atoms with van der Waals surface area (Å²) in [4.78, 5) is 30.1. The van der Waals surface area contributed by atoms with Gasteiger partial charge in [0.25, 0.3) is 5.56 Å². The van der Waals surface area contributed by atoms with E-state index in [1.807, 2.05) is 42.7 Å². The van der Waals surface area contributed by atoms with Crippen LogP contribution in [0.3, 0.4) is 0 Å². The van der Waals surface area contributed by atoms with E-state index in [1.165, 1.54) is 0 Å². The van der Waals surface area contributed by atoms with E-state index in [9.17, 15) is 14.7 Å². The molecule has 200 valence electrons. The topological polar surface area (TPSA) is 108 Å². The van der Waals surface area contributed by atoms with Crippen molar-refractivity contribution in [3.63, 3.8) is 0 Å². The molecule has 4 rings (SSSR count). The van der Waals surface area contributed by atoms with Gasteiger partial charge in [-0.3, -0.25) is 9.59 Å². The highest BCUT2D eigenvalue weighted by Crippen LogP contribution is 2.29. The Bertz CT molecular complexity index is 1280. The van der Waals surface area contributed by atoms with Gasteiger partial charge in [-0.2, -0.15) is 0 Å². The maximum atomic E-state index is 12.9. The number of hydrogen-bond acceptors (Lipinski definition) is 7. The fourth-order valence-electron chi connectivity index (χ4n) is 4.81. The van der Waals surface area contributed by atoms with E-state index < -0.39 is 6.04 Å². The molecule has 4 atom stereocenters. The van der Waals surface area contributed by atoms with Gasteiger partial charge in [0.15, 0.2) is 0 Å². The van der Waals surface area contributed by atoms with E-state index >= 15 is 0 Å². The molecular weight excluding hydrogens is 472 g/mol. The van der Waals surface area contributed by atoms with E-state index in [0.717, 1.165) is 35.0 Å². The van der Waals surface area contributed by atoms with Crippen molar-refractivity contribution >= 4 is 17.0 Å². The number of aryl methyl sites for hydroxylation is 2. The lowest BCUT2D eigenvalue weighted by atomic mass is 9.98. The molecule has 3 aromatic rings. The number of pyridine rings is 1. The number of imidazole rings is 1. The van der Waals surface area contributed by atoms with Gasteiger partial charge in [-0.25, -0.2) is 4.98 Å². The average molecular weight is 511 g/mol. The van der Waals surface area contributed by atoms with Gasteiger partial charge in [-0.05, 0) is 43.5 Å². The Morgan fingerprint density at radius 1 is 1.32 bits per heavy atom. The highest BCUT2D eigenvalue weighted by molar-refractivity contribution is 5.81. The number of rotatable bonds is 10. The highest BCUT2D eigenvalue weighted by Gasteiger charge is 2.29. The van der Waals surface area contributed by atoms with Crippen LogP contribution in [0.1, 0.15) is 50.8 Å². The quantitative estimate of drug-likeness (QED) is 0.404.